The number of rotatable bonds is 3. The van der Waals surface area contributed by atoms with E-state index >= 15 is 0 Å². The van der Waals surface area contributed by atoms with Gasteiger partial charge in [-0.25, -0.2) is 0 Å². The second kappa shape index (κ2) is 5.90. The van der Waals surface area contributed by atoms with Crippen molar-refractivity contribution >= 4 is 5.69 Å². The molecular weight excluding hydrogens is 256 g/mol. The van der Waals surface area contributed by atoms with Crippen LogP contribution in [0.2, 0.25) is 0 Å². The van der Waals surface area contributed by atoms with Crippen LogP contribution in [0.25, 0.3) is 0 Å². The first-order valence-corrected chi connectivity index (χ1v) is 7.82. The van der Waals surface area contributed by atoms with E-state index in [4.69, 9.17) is 5.73 Å². The smallest absolute Gasteiger partial charge is 0.0667 e. The van der Waals surface area contributed by atoms with E-state index in [0.717, 1.165) is 6.54 Å². The van der Waals surface area contributed by atoms with Gasteiger partial charge in [-0.2, -0.15) is 0 Å². The molecule has 0 spiro atoms. The van der Waals surface area contributed by atoms with E-state index in [0.29, 0.717) is 6.54 Å². The van der Waals surface area contributed by atoms with Gasteiger partial charge in [0.2, 0.25) is 0 Å². The molecular formula is C19H24N2. The van der Waals surface area contributed by atoms with Crippen LogP contribution < -0.4 is 10.6 Å². The maximum Gasteiger partial charge on any atom is 0.0667 e. The minimum absolute atomic E-state index is 0.270. The molecule has 1 atom stereocenters. The molecule has 2 aromatic carbocycles. The standard InChI is InChI=1S/C19H24N2/c1-14-9-10-17(15(2)12-14)19(13-20)21-11-5-7-16-6-3-4-8-18(16)21/h3-4,6,8-10,12,19H,5,7,11,13,20H2,1-2H3. The summed E-state index contributed by atoms with van der Waals surface area (Å²) in [7, 11) is 0. The van der Waals surface area contributed by atoms with Crippen LogP contribution in [0.15, 0.2) is 42.5 Å². The third-order valence-corrected chi connectivity index (χ3v) is 4.53. The fourth-order valence-corrected chi connectivity index (χ4v) is 3.51. The lowest BCUT2D eigenvalue weighted by Gasteiger charge is -2.38. The fraction of sp³-hybridized carbons (Fsp3) is 0.368. The van der Waals surface area contributed by atoms with Crippen molar-refractivity contribution in [2.24, 2.45) is 5.73 Å². The molecule has 0 radical (unpaired) electrons. The number of para-hydroxylation sites is 1. The van der Waals surface area contributed by atoms with Crippen LogP contribution >= 0.6 is 0 Å². The summed E-state index contributed by atoms with van der Waals surface area (Å²) in [6, 6.07) is 15.7. The van der Waals surface area contributed by atoms with Crippen molar-refractivity contribution in [2.45, 2.75) is 32.7 Å². The lowest BCUT2D eigenvalue weighted by molar-refractivity contribution is 0.585. The average Bonchev–Trinajstić information content (AvgIpc) is 2.50. The van der Waals surface area contributed by atoms with Crippen LogP contribution in [-0.4, -0.2) is 13.1 Å². The summed E-state index contributed by atoms with van der Waals surface area (Å²) in [5, 5.41) is 0. The highest BCUT2D eigenvalue weighted by Crippen LogP contribution is 2.34. The highest BCUT2D eigenvalue weighted by molar-refractivity contribution is 5.57. The van der Waals surface area contributed by atoms with Crippen molar-refractivity contribution in [1.29, 1.82) is 0 Å². The van der Waals surface area contributed by atoms with E-state index < -0.39 is 0 Å². The molecule has 0 amide bonds. The van der Waals surface area contributed by atoms with E-state index in [-0.39, 0.29) is 6.04 Å². The topological polar surface area (TPSA) is 29.3 Å². The maximum absolute atomic E-state index is 6.16. The van der Waals surface area contributed by atoms with Crippen molar-refractivity contribution in [3.63, 3.8) is 0 Å². The predicted molar refractivity (Wildman–Crippen MR) is 89.8 cm³/mol. The zero-order chi connectivity index (χ0) is 14.8. The summed E-state index contributed by atoms with van der Waals surface area (Å²) >= 11 is 0. The predicted octanol–water partition coefficient (Wildman–Crippen LogP) is 3.76. The van der Waals surface area contributed by atoms with Crippen molar-refractivity contribution in [2.75, 3.05) is 18.0 Å². The van der Waals surface area contributed by atoms with Crippen LogP contribution in [0.3, 0.4) is 0 Å². The van der Waals surface area contributed by atoms with Gasteiger partial charge in [0, 0.05) is 18.8 Å². The number of nitrogens with zero attached hydrogens (tertiary/aromatic N) is 1. The molecule has 21 heavy (non-hydrogen) atoms. The van der Waals surface area contributed by atoms with E-state index in [9.17, 15) is 0 Å². The van der Waals surface area contributed by atoms with E-state index in [2.05, 4.69) is 61.2 Å². The first-order chi connectivity index (χ1) is 10.2. The number of hydrogen-bond acceptors (Lipinski definition) is 2. The summed E-state index contributed by atoms with van der Waals surface area (Å²) in [5.74, 6) is 0. The third-order valence-electron chi connectivity index (χ3n) is 4.53. The Hall–Kier alpha value is -1.80. The van der Waals surface area contributed by atoms with E-state index in [1.54, 1.807) is 0 Å². The van der Waals surface area contributed by atoms with Crippen LogP contribution in [0.4, 0.5) is 5.69 Å². The van der Waals surface area contributed by atoms with Crippen LogP contribution in [0.1, 0.15) is 34.7 Å². The Kier molecular flexibility index (Phi) is 3.98. The quantitative estimate of drug-likeness (QED) is 0.927. The second-order valence-electron chi connectivity index (χ2n) is 6.04. The maximum atomic E-state index is 6.16. The zero-order valence-electron chi connectivity index (χ0n) is 13.0. The van der Waals surface area contributed by atoms with Gasteiger partial charge in [-0.3, -0.25) is 0 Å². The minimum Gasteiger partial charge on any atom is -0.363 e. The van der Waals surface area contributed by atoms with E-state index in [1.165, 1.54) is 40.8 Å². The molecule has 110 valence electrons. The molecule has 0 fully saturated rings. The first kappa shape index (κ1) is 14.2. The Balaban J connectivity index is 2.01. The SMILES string of the molecule is Cc1ccc(C(CN)N2CCCc3ccccc32)c(C)c1. The number of fused-ring (bicyclic) bond motifs is 1. The molecule has 1 aliphatic rings. The van der Waals surface area contributed by atoms with Gasteiger partial charge in [-0.05, 0) is 49.4 Å². The number of hydrogen-bond donors (Lipinski definition) is 1. The van der Waals surface area contributed by atoms with Gasteiger partial charge >= 0.3 is 0 Å². The van der Waals surface area contributed by atoms with Gasteiger partial charge in [0.1, 0.15) is 0 Å². The number of aryl methyl sites for hydroxylation is 3. The van der Waals surface area contributed by atoms with Crippen LogP contribution in [0, 0.1) is 13.8 Å². The van der Waals surface area contributed by atoms with Crippen LogP contribution in [-0.2, 0) is 6.42 Å². The van der Waals surface area contributed by atoms with Crippen molar-refractivity contribution < 1.29 is 0 Å². The van der Waals surface area contributed by atoms with E-state index in [1.807, 2.05) is 0 Å². The Bertz CT molecular complexity index is 633. The fourth-order valence-electron chi connectivity index (χ4n) is 3.51. The molecule has 1 unspecified atom stereocenters. The number of benzene rings is 2. The van der Waals surface area contributed by atoms with Gasteiger partial charge in [0.15, 0.2) is 0 Å². The monoisotopic (exact) mass is 280 g/mol. The van der Waals surface area contributed by atoms with Crippen molar-refractivity contribution in [3.05, 3.63) is 64.7 Å². The van der Waals surface area contributed by atoms with Gasteiger partial charge in [-0.15, -0.1) is 0 Å². The van der Waals surface area contributed by atoms with Gasteiger partial charge in [-0.1, -0.05) is 42.0 Å². The molecule has 2 nitrogen and oxygen atoms in total. The lowest BCUT2D eigenvalue weighted by Crippen LogP contribution is -2.37. The molecule has 0 aliphatic carbocycles. The number of anilines is 1. The molecule has 0 aromatic heterocycles. The molecule has 0 saturated heterocycles. The first-order valence-electron chi connectivity index (χ1n) is 7.82. The summed E-state index contributed by atoms with van der Waals surface area (Å²) in [6.45, 7) is 6.08. The molecule has 2 heteroatoms. The molecule has 0 bridgehead atoms. The Labute approximate surface area is 127 Å². The Morgan fingerprint density at radius 1 is 1.14 bits per heavy atom. The lowest BCUT2D eigenvalue weighted by atomic mass is 9.94. The Morgan fingerprint density at radius 3 is 2.71 bits per heavy atom. The molecule has 1 heterocycles. The summed E-state index contributed by atoms with van der Waals surface area (Å²) in [6.07, 6.45) is 2.38. The second-order valence-corrected chi connectivity index (χ2v) is 6.04. The summed E-state index contributed by atoms with van der Waals surface area (Å²) in [4.78, 5) is 2.50. The molecule has 3 rings (SSSR count). The van der Waals surface area contributed by atoms with Gasteiger partial charge in [0.05, 0.1) is 6.04 Å². The summed E-state index contributed by atoms with van der Waals surface area (Å²) < 4.78 is 0. The molecule has 0 saturated carbocycles. The number of nitrogens with two attached hydrogens (primary N) is 1. The van der Waals surface area contributed by atoms with Crippen LogP contribution in [0.5, 0.6) is 0 Å². The molecule has 1 aliphatic heterocycles. The van der Waals surface area contributed by atoms with Crippen molar-refractivity contribution in [1.82, 2.24) is 0 Å². The largest absolute Gasteiger partial charge is 0.363 e. The highest BCUT2D eigenvalue weighted by Gasteiger charge is 2.25. The third kappa shape index (κ3) is 2.68. The Morgan fingerprint density at radius 2 is 1.95 bits per heavy atom. The minimum atomic E-state index is 0.270. The van der Waals surface area contributed by atoms with Gasteiger partial charge in [0.25, 0.3) is 0 Å². The normalized spacial score (nSPS) is 15.7. The van der Waals surface area contributed by atoms with Crippen molar-refractivity contribution in [3.8, 4) is 0 Å². The molecule has 2 aromatic rings. The summed E-state index contributed by atoms with van der Waals surface area (Å²) in [5.41, 5.74) is 13.0. The molecule has 2 N–H and O–H groups in total. The van der Waals surface area contributed by atoms with Gasteiger partial charge < -0.3 is 10.6 Å². The zero-order valence-corrected chi connectivity index (χ0v) is 13.0. The highest BCUT2D eigenvalue weighted by atomic mass is 15.2. The average molecular weight is 280 g/mol.